The summed E-state index contributed by atoms with van der Waals surface area (Å²) in [7, 11) is 0. The van der Waals surface area contributed by atoms with E-state index in [1.807, 2.05) is 60.2 Å². The van der Waals surface area contributed by atoms with E-state index in [9.17, 15) is 4.79 Å². The number of hydrogen-bond donors (Lipinski definition) is 0. The van der Waals surface area contributed by atoms with Crippen LogP contribution in [0.25, 0.3) is 16.0 Å². The maximum Gasteiger partial charge on any atom is 0.193 e. The molecule has 0 radical (unpaired) electrons. The summed E-state index contributed by atoms with van der Waals surface area (Å²) in [4.78, 5) is 22.7. The van der Waals surface area contributed by atoms with Crippen molar-refractivity contribution < 1.29 is 4.79 Å². The van der Waals surface area contributed by atoms with E-state index in [0.29, 0.717) is 5.75 Å². The lowest BCUT2D eigenvalue weighted by Gasteiger charge is -2.07. The fourth-order valence-corrected chi connectivity index (χ4v) is 4.76. The van der Waals surface area contributed by atoms with Crippen LogP contribution in [0.15, 0.2) is 59.1 Å². The monoisotopic (exact) mass is 379 g/mol. The number of thiazole rings is 1. The predicted octanol–water partition coefficient (Wildman–Crippen LogP) is 5.07. The van der Waals surface area contributed by atoms with Gasteiger partial charge in [0.25, 0.3) is 0 Å². The molecular formula is C20H17N3OS2. The Morgan fingerprint density at radius 2 is 2.00 bits per heavy atom. The Bertz CT molecular complexity index is 1080. The molecule has 0 saturated carbocycles. The molecule has 0 spiro atoms. The molecule has 0 bridgehead atoms. The van der Waals surface area contributed by atoms with E-state index < -0.39 is 0 Å². The molecule has 4 rings (SSSR count). The summed E-state index contributed by atoms with van der Waals surface area (Å²) >= 11 is 3.13. The zero-order valence-electron chi connectivity index (χ0n) is 14.5. The van der Waals surface area contributed by atoms with Crippen LogP contribution in [0.1, 0.15) is 21.7 Å². The van der Waals surface area contributed by atoms with Crippen molar-refractivity contribution in [3.8, 4) is 5.13 Å². The van der Waals surface area contributed by atoms with Gasteiger partial charge in [-0.3, -0.25) is 14.3 Å². The normalized spacial score (nSPS) is 11.2. The van der Waals surface area contributed by atoms with Gasteiger partial charge in [0.15, 0.2) is 10.9 Å². The molecule has 4 nitrogen and oxygen atoms in total. The van der Waals surface area contributed by atoms with Gasteiger partial charge in [-0.05, 0) is 32.0 Å². The summed E-state index contributed by atoms with van der Waals surface area (Å²) in [5.74, 6) is 0.530. The van der Waals surface area contributed by atoms with E-state index in [4.69, 9.17) is 0 Å². The third-order valence-corrected chi connectivity index (χ3v) is 6.14. The number of fused-ring (bicyclic) bond motifs is 1. The molecule has 26 heavy (non-hydrogen) atoms. The van der Waals surface area contributed by atoms with Crippen molar-refractivity contribution in [3.63, 3.8) is 0 Å². The third kappa shape index (κ3) is 3.06. The van der Waals surface area contributed by atoms with Crippen molar-refractivity contribution in [1.29, 1.82) is 0 Å². The van der Waals surface area contributed by atoms with Crippen LogP contribution in [0.3, 0.4) is 0 Å². The number of aromatic nitrogens is 3. The van der Waals surface area contributed by atoms with Crippen LogP contribution in [-0.4, -0.2) is 26.1 Å². The number of pyridine rings is 1. The number of benzene rings is 1. The number of ketones is 1. The minimum atomic E-state index is 0.131. The first-order valence-electron chi connectivity index (χ1n) is 8.23. The molecule has 0 N–H and O–H groups in total. The maximum absolute atomic E-state index is 12.8. The van der Waals surface area contributed by atoms with E-state index in [1.54, 1.807) is 35.5 Å². The Balaban J connectivity index is 1.58. The topological polar surface area (TPSA) is 47.8 Å². The summed E-state index contributed by atoms with van der Waals surface area (Å²) in [5, 5.41) is 3.92. The summed E-state index contributed by atoms with van der Waals surface area (Å²) in [6, 6.07) is 11.9. The molecule has 4 aromatic rings. The first-order valence-corrected chi connectivity index (χ1v) is 10.1. The number of para-hydroxylation sites is 1. The Morgan fingerprint density at radius 1 is 1.15 bits per heavy atom. The average molecular weight is 380 g/mol. The SMILES string of the molecule is Cc1cc(C(=O)CSc2ccnc3ccccc23)c(C)n1-c1nccs1. The van der Waals surface area contributed by atoms with Crippen LogP contribution in [0.5, 0.6) is 0 Å². The molecule has 0 aliphatic rings. The second-order valence-corrected chi connectivity index (χ2v) is 7.86. The van der Waals surface area contributed by atoms with Gasteiger partial charge in [-0.15, -0.1) is 23.1 Å². The number of hydrogen-bond acceptors (Lipinski definition) is 5. The number of carbonyl (C=O) groups excluding carboxylic acids is 1. The van der Waals surface area contributed by atoms with Gasteiger partial charge in [0.1, 0.15) is 0 Å². The minimum absolute atomic E-state index is 0.131. The van der Waals surface area contributed by atoms with Crippen LogP contribution in [0.2, 0.25) is 0 Å². The first kappa shape index (κ1) is 17.0. The second-order valence-electron chi connectivity index (χ2n) is 5.97. The Labute approximate surface area is 159 Å². The molecular weight excluding hydrogens is 362 g/mol. The number of nitrogens with zero attached hydrogens (tertiary/aromatic N) is 3. The maximum atomic E-state index is 12.8. The summed E-state index contributed by atoms with van der Waals surface area (Å²) in [5.41, 5.74) is 3.69. The van der Waals surface area contributed by atoms with E-state index >= 15 is 0 Å². The van der Waals surface area contributed by atoms with E-state index in [-0.39, 0.29) is 5.78 Å². The highest BCUT2D eigenvalue weighted by molar-refractivity contribution is 8.00. The van der Waals surface area contributed by atoms with E-state index in [0.717, 1.165) is 37.9 Å². The van der Waals surface area contributed by atoms with Gasteiger partial charge in [0.2, 0.25) is 0 Å². The number of Topliss-reactive ketones (excluding diaryl/α,β-unsaturated/α-hetero) is 1. The lowest BCUT2D eigenvalue weighted by atomic mass is 10.2. The largest absolute Gasteiger partial charge is 0.294 e. The molecule has 6 heteroatoms. The van der Waals surface area contributed by atoms with Crippen molar-refractivity contribution >= 4 is 39.8 Å². The molecule has 3 heterocycles. The highest BCUT2D eigenvalue weighted by Crippen LogP contribution is 2.28. The molecule has 1 aromatic carbocycles. The fourth-order valence-electron chi connectivity index (χ4n) is 3.08. The van der Waals surface area contributed by atoms with Crippen molar-refractivity contribution in [3.05, 3.63) is 71.1 Å². The first-order chi connectivity index (χ1) is 12.6. The molecule has 0 fully saturated rings. The van der Waals surface area contributed by atoms with Gasteiger partial charge in [-0.25, -0.2) is 4.98 Å². The van der Waals surface area contributed by atoms with Crippen molar-refractivity contribution in [2.45, 2.75) is 18.7 Å². The highest BCUT2D eigenvalue weighted by atomic mass is 32.2. The number of aryl methyl sites for hydroxylation is 1. The zero-order valence-corrected chi connectivity index (χ0v) is 16.1. The van der Waals surface area contributed by atoms with Gasteiger partial charge in [-0.2, -0.15) is 0 Å². The minimum Gasteiger partial charge on any atom is -0.294 e. The second kappa shape index (κ2) is 7.05. The van der Waals surface area contributed by atoms with Crippen LogP contribution >= 0.6 is 23.1 Å². The lowest BCUT2D eigenvalue weighted by molar-refractivity contribution is 0.102. The van der Waals surface area contributed by atoms with Crippen molar-refractivity contribution in [2.75, 3.05) is 5.75 Å². The summed E-state index contributed by atoms with van der Waals surface area (Å²) in [6.07, 6.45) is 3.58. The van der Waals surface area contributed by atoms with E-state index in [1.165, 1.54) is 0 Å². The summed E-state index contributed by atoms with van der Waals surface area (Å²) in [6.45, 7) is 3.99. The third-order valence-electron chi connectivity index (χ3n) is 4.31. The van der Waals surface area contributed by atoms with Gasteiger partial charge in [-0.1, -0.05) is 18.2 Å². The van der Waals surface area contributed by atoms with E-state index in [2.05, 4.69) is 9.97 Å². The van der Waals surface area contributed by atoms with Gasteiger partial charge < -0.3 is 0 Å². The predicted molar refractivity (Wildman–Crippen MR) is 108 cm³/mol. The molecule has 0 unspecified atom stereocenters. The van der Waals surface area contributed by atoms with Gasteiger partial charge in [0.05, 0.1) is 11.3 Å². The Kier molecular flexibility index (Phi) is 4.61. The Morgan fingerprint density at radius 3 is 2.81 bits per heavy atom. The number of carbonyl (C=O) groups is 1. The molecule has 0 amide bonds. The standard InChI is InChI=1S/C20H17N3OS2/c1-13-11-16(14(2)23(13)20-22-9-10-25-20)18(24)12-26-19-7-8-21-17-6-4-3-5-15(17)19/h3-11H,12H2,1-2H3. The highest BCUT2D eigenvalue weighted by Gasteiger charge is 2.18. The quantitative estimate of drug-likeness (QED) is 0.359. The Hall–Kier alpha value is -2.44. The van der Waals surface area contributed by atoms with Gasteiger partial charge in [0, 0.05) is 45.0 Å². The zero-order chi connectivity index (χ0) is 18.1. The van der Waals surface area contributed by atoms with Crippen LogP contribution in [-0.2, 0) is 0 Å². The molecule has 0 aliphatic carbocycles. The summed E-state index contributed by atoms with van der Waals surface area (Å²) < 4.78 is 2.05. The molecule has 130 valence electrons. The number of rotatable bonds is 5. The van der Waals surface area contributed by atoms with Gasteiger partial charge >= 0.3 is 0 Å². The van der Waals surface area contributed by atoms with Crippen molar-refractivity contribution in [1.82, 2.24) is 14.5 Å². The lowest BCUT2D eigenvalue weighted by Crippen LogP contribution is -2.05. The molecule has 0 aliphatic heterocycles. The fraction of sp³-hybridized carbons (Fsp3) is 0.150. The smallest absolute Gasteiger partial charge is 0.193 e. The van der Waals surface area contributed by atoms with Crippen LogP contribution in [0.4, 0.5) is 0 Å². The average Bonchev–Trinajstić information content (AvgIpc) is 3.27. The van der Waals surface area contributed by atoms with Crippen LogP contribution < -0.4 is 0 Å². The van der Waals surface area contributed by atoms with Crippen LogP contribution in [0, 0.1) is 13.8 Å². The molecule has 0 saturated heterocycles. The molecule has 0 atom stereocenters. The van der Waals surface area contributed by atoms with Crippen molar-refractivity contribution in [2.24, 2.45) is 0 Å². The molecule has 3 aromatic heterocycles. The number of thioether (sulfide) groups is 1.